The first-order chi connectivity index (χ1) is 6.77. The van der Waals surface area contributed by atoms with Crippen LogP contribution in [0.4, 0.5) is 0 Å². The van der Waals surface area contributed by atoms with E-state index in [1.54, 1.807) is 24.5 Å². The van der Waals surface area contributed by atoms with Crippen LogP contribution in [0, 0.1) is 0 Å². The topological polar surface area (TPSA) is 66.0 Å². The van der Waals surface area contributed by atoms with Gasteiger partial charge >= 0.3 is 5.97 Å². The molecule has 4 heteroatoms. The Morgan fingerprint density at radius 3 is 2.79 bits per heavy atom. The SMILES string of the molecule is O=C(O)c1ccc(-c2cccnc2)[nH]1. The molecule has 0 aliphatic rings. The summed E-state index contributed by atoms with van der Waals surface area (Å²) in [4.78, 5) is 17.3. The van der Waals surface area contributed by atoms with Crippen molar-refractivity contribution in [3.05, 3.63) is 42.4 Å². The lowest BCUT2D eigenvalue weighted by atomic mass is 10.2. The highest BCUT2D eigenvalue weighted by Gasteiger charge is 2.06. The van der Waals surface area contributed by atoms with Crippen molar-refractivity contribution in [1.29, 1.82) is 0 Å². The van der Waals surface area contributed by atoms with E-state index in [9.17, 15) is 4.79 Å². The van der Waals surface area contributed by atoms with E-state index in [4.69, 9.17) is 5.11 Å². The van der Waals surface area contributed by atoms with Crippen LogP contribution in [0.2, 0.25) is 0 Å². The van der Waals surface area contributed by atoms with Crippen LogP contribution in [-0.4, -0.2) is 21.0 Å². The number of pyridine rings is 1. The van der Waals surface area contributed by atoms with Crippen LogP contribution in [-0.2, 0) is 0 Å². The number of aromatic nitrogens is 2. The zero-order chi connectivity index (χ0) is 9.97. The van der Waals surface area contributed by atoms with Gasteiger partial charge in [0.1, 0.15) is 5.69 Å². The van der Waals surface area contributed by atoms with E-state index < -0.39 is 5.97 Å². The van der Waals surface area contributed by atoms with Crippen molar-refractivity contribution in [2.75, 3.05) is 0 Å². The number of aromatic carboxylic acids is 1. The zero-order valence-corrected chi connectivity index (χ0v) is 7.27. The van der Waals surface area contributed by atoms with E-state index in [2.05, 4.69) is 9.97 Å². The van der Waals surface area contributed by atoms with Crippen molar-refractivity contribution in [2.24, 2.45) is 0 Å². The van der Waals surface area contributed by atoms with Gasteiger partial charge in [0.15, 0.2) is 0 Å². The number of carbonyl (C=O) groups is 1. The van der Waals surface area contributed by atoms with Gasteiger partial charge in [0, 0.05) is 23.7 Å². The summed E-state index contributed by atoms with van der Waals surface area (Å²) in [5.41, 5.74) is 1.82. The van der Waals surface area contributed by atoms with E-state index in [1.165, 1.54) is 6.07 Å². The first-order valence-corrected chi connectivity index (χ1v) is 4.10. The van der Waals surface area contributed by atoms with Gasteiger partial charge in [-0.15, -0.1) is 0 Å². The molecule has 0 saturated heterocycles. The second-order valence-corrected chi connectivity index (χ2v) is 2.83. The zero-order valence-electron chi connectivity index (χ0n) is 7.27. The number of hydrogen-bond acceptors (Lipinski definition) is 2. The van der Waals surface area contributed by atoms with Gasteiger partial charge in [-0.05, 0) is 24.3 Å². The summed E-state index contributed by atoms with van der Waals surface area (Å²) in [6.07, 6.45) is 3.35. The summed E-state index contributed by atoms with van der Waals surface area (Å²) in [5, 5.41) is 8.70. The molecule has 2 N–H and O–H groups in total. The summed E-state index contributed by atoms with van der Waals surface area (Å²) in [6, 6.07) is 6.92. The van der Waals surface area contributed by atoms with Gasteiger partial charge in [-0.3, -0.25) is 4.98 Å². The van der Waals surface area contributed by atoms with Gasteiger partial charge in [0.25, 0.3) is 0 Å². The highest BCUT2D eigenvalue weighted by Crippen LogP contribution is 2.16. The molecule has 2 aromatic rings. The van der Waals surface area contributed by atoms with E-state index in [1.807, 2.05) is 6.07 Å². The van der Waals surface area contributed by atoms with Gasteiger partial charge < -0.3 is 10.1 Å². The van der Waals surface area contributed by atoms with E-state index in [0.717, 1.165) is 11.3 Å². The second kappa shape index (κ2) is 3.33. The quantitative estimate of drug-likeness (QED) is 0.754. The summed E-state index contributed by atoms with van der Waals surface area (Å²) in [7, 11) is 0. The number of H-pyrrole nitrogens is 1. The van der Waals surface area contributed by atoms with Gasteiger partial charge in [-0.25, -0.2) is 4.79 Å². The van der Waals surface area contributed by atoms with Crippen molar-refractivity contribution in [3.63, 3.8) is 0 Å². The summed E-state index contributed by atoms with van der Waals surface area (Å²) >= 11 is 0. The molecule has 14 heavy (non-hydrogen) atoms. The highest BCUT2D eigenvalue weighted by molar-refractivity contribution is 5.86. The molecule has 0 amide bonds. The maximum absolute atomic E-state index is 10.6. The number of nitrogens with one attached hydrogen (secondary N) is 1. The first-order valence-electron chi connectivity index (χ1n) is 4.10. The molecule has 0 atom stereocenters. The van der Waals surface area contributed by atoms with Crippen LogP contribution in [0.15, 0.2) is 36.7 Å². The predicted octanol–water partition coefficient (Wildman–Crippen LogP) is 1.77. The molecular weight excluding hydrogens is 180 g/mol. The van der Waals surface area contributed by atoms with Crippen LogP contribution >= 0.6 is 0 Å². The Hall–Kier alpha value is -2.10. The number of hydrogen-bond donors (Lipinski definition) is 2. The summed E-state index contributed by atoms with van der Waals surface area (Å²) in [6.45, 7) is 0. The standard InChI is InChI=1S/C10H8N2O2/c13-10(14)9-4-3-8(12-9)7-2-1-5-11-6-7/h1-6,12H,(H,13,14). The molecule has 4 nitrogen and oxygen atoms in total. The Kier molecular flexibility index (Phi) is 2.02. The van der Waals surface area contributed by atoms with Crippen molar-refractivity contribution >= 4 is 5.97 Å². The largest absolute Gasteiger partial charge is 0.477 e. The third-order valence-electron chi connectivity index (χ3n) is 1.89. The molecule has 2 aromatic heterocycles. The van der Waals surface area contributed by atoms with E-state index >= 15 is 0 Å². The molecule has 0 aliphatic heterocycles. The lowest BCUT2D eigenvalue weighted by Crippen LogP contribution is -1.95. The van der Waals surface area contributed by atoms with Crippen LogP contribution in [0.1, 0.15) is 10.5 Å². The molecule has 0 bridgehead atoms. The smallest absolute Gasteiger partial charge is 0.352 e. The molecule has 0 aromatic carbocycles. The number of carboxylic acid groups (broad SMARTS) is 1. The minimum Gasteiger partial charge on any atom is -0.477 e. The fourth-order valence-electron chi connectivity index (χ4n) is 1.21. The first kappa shape index (κ1) is 8.50. The van der Waals surface area contributed by atoms with E-state index in [0.29, 0.717) is 0 Å². The lowest BCUT2D eigenvalue weighted by Gasteiger charge is -1.95. The number of nitrogens with zero attached hydrogens (tertiary/aromatic N) is 1. The van der Waals surface area contributed by atoms with Gasteiger partial charge in [0.05, 0.1) is 0 Å². The Morgan fingerprint density at radius 2 is 2.21 bits per heavy atom. The van der Waals surface area contributed by atoms with Crippen LogP contribution in [0.3, 0.4) is 0 Å². The van der Waals surface area contributed by atoms with Crippen LogP contribution < -0.4 is 0 Å². The number of rotatable bonds is 2. The van der Waals surface area contributed by atoms with Crippen molar-refractivity contribution in [1.82, 2.24) is 9.97 Å². The molecule has 0 radical (unpaired) electrons. The monoisotopic (exact) mass is 188 g/mol. The van der Waals surface area contributed by atoms with Crippen molar-refractivity contribution < 1.29 is 9.90 Å². The normalized spacial score (nSPS) is 10.0. The van der Waals surface area contributed by atoms with Crippen LogP contribution in [0.5, 0.6) is 0 Å². The van der Waals surface area contributed by atoms with Crippen molar-refractivity contribution in [3.8, 4) is 11.3 Å². The minimum atomic E-state index is -0.958. The Labute approximate surface area is 80.2 Å². The molecule has 2 rings (SSSR count). The molecule has 70 valence electrons. The summed E-state index contributed by atoms with van der Waals surface area (Å²) < 4.78 is 0. The Bertz CT molecular complexity index is 448. The summed E-state index contributed by atoms with van der Waals surface area (Å²) in [5.74, 6) is -0.958. The average Bonchev–Trinajstić information content (AvgIpc) is 2.68. The average molecular weight is 188 g/mol. The molecular formula is C10H8N2O2. The Balaban J connectivity index is 2.39. The predicted molar refractivity (Wildman–Crippen MR) is 51.0 cm³/mol. The molecule has 2 heterocycles. The fourth-order valence-corrected chi connectivity index (χ4v) is 1.21. The molecule has 0 aliphatic carbocycles. The maximum atomic E-state index is 10.6. The molecule has 0 spiro atoms. The second-order valence-electron chi connectivity index (χ2n) is 2.83. The molecule has 0 saturated carbocycles. The van der Waals surface area contributed by atoms with Gasteiger partial charge in [0.2, 0.25) is 0 Å². The molecule has 0 fully saturated rings. The minimum absolute atomic E-state index is 0.184. The third-order valence-corrected chi connectivity index (χ3v) is 1.89. The number of carboxylic acids is 1. The van der Waals surface area contributed by atoms with E-state index in [-0.39, 0.29) is 5.69 Å². The maximum Gasteiger partial charge on any atom is 0.352 e. The molecule has 0 unspecified atom stereocenters. The number of aromatic amines is 1. The highest BCUT2D eigenvalue weighted by atomic mass is 16.4. The Morgan fingerprint density at radius 1 is 1.36 bits per heavy atom. The van der Waals surface area contributed by atoms with Crippen LogP contribution in [0.25, 0.3) is 11.3 Å². The lowest BCUT2D eigenvalue weighted by molar-refractivity contribution is 0.0691. The fraction of sp³-hybridized carbons (Fsp3) is 0. The third kappa shape index (κ3) is 1.50. The van der Waals surface area contributed by atoms with Crippen molar-refractivity contribution in [2.45, 2.75) is 0 Å². The van der Waals surface area contributed by atoms with Gasteiger partial charge in [-0.1, -0.05) is 0 Å². The van der Waals surface area contributed by atoms with Gasteiger partial charge in [-0.2, -0.15) is 0 Å².